The number of hydrogen-bond acceptors (Lipinski definition) is 6. The van der Waals surface area contributed by atoms with E-state index in [0.29, 0.717) is 30.8 Å². The van der Waals surface area contributed by atoms with Gasteiger partial charge < -0.3 is 19.9 Å². The summed E-state index contributed by atoms with van der Waals surface area (Å²) in [6.07, 6.45) is -0.228. The number of nitrogens with zero attached hydrogens (tertiary/aromatic N) is 3. The molecule has 1 heterocycles. The first-order valence-corrected chi connectivity index (χ1v) is 7.24. The molecule has 2 unspecified atom stereocenters. The van der Waals surface area contributed by atoms with E-state index in [4.69, 9.17) is 15.0 Å². The molecule has 1 rings (SSSR count). The Morgan fingerprint density at radius 1 is 1.36 bits per heavy atom. The normalized spacial score (nSPS) is 13.6. The van der Waals surface area contributed by atoms with Crippen LogP contribution in [0, 0.1) is 11.8 Å². The Bertz CT molecular complexity index is 453. The summed E-state index contributed by atoms with van der Waals surface area (Å²) < 4.78 is 10.8. The summed E-state index contributed by atoms with van der Waals surface area (Å²) in [4.78, 5) is 17.7. The summed E-state index contributed by atoms with van der Waals surface area (Å²) in [7, 11) is 1.69. The van der Waals surface area contributed by atoms with Gasteiger partial charge in [0.25, 0.3) is 0 Å². The fraction of sp³-hybridized carbons (Fsp3) is 0.786. The summed E-state index contributed by atoms with van der Waals surface area (Å²) in [5.41, 5.74) is 5.49. The first-order chi connectivity index (χ1) is 9.85. The van der Waals surface area contributed by atoms with Gasteiger partial charge in [0.05, 0.1) is 6.54 Å². The van der Waals surface area contributed by atoms with E-state index in [1.165, 1.54) is 4.90 Å². The van der Waals surface area contributed by atoms with Gasteiger partial charge in [0.2, 0.25) is 11.8 Å². The van der Waals surface area contributed by atoms with Crippen LogP contribution in [-0.2, 0) is 16.1 Å². The van der Waals surface area contributed by atoms with Gasteiger partial charge >= 0.3 is 0 Å². The number of aromatic nitrogens is 2. The van der Waals surface area contributed by atoms with Crippen LogP contribution in [0.25, 0.3) is 0 Å². The van der Waals surface area contributed by atoms with Gasteiger partial charge in [0, 0.05) is 26.1 Å². The highest BCUT2D eigenvalue weighted by Gasteiger charge is 2.20. The first-order valence-electron chi connectivity index (χ1n) is 7.24. The minimum Gasteiger partial charge on any atom is -0.370 e. The molecule has 0 saturated carbocycles. The fourth-order valence-electron chi connectivity index (χ4n) is 1.67. The van der Waals surface area contributed by atoms with Crippen molar-refractivity contribution in [2.75, 3.05) is 20.2 Å². The second kappa shape index (κ2) is 9.76. The SMILES string of the molecule is CC(C)COC(C)c1noc(CN(C)C(=O)C(C)CN)n1.Cl. The lowest BCUT2D eigenvalue weighted by Crippen LogP contribution is -2.34. The highest BCUT2D eigenvalue weighted by molar-refractivity contribution is 5.85. The molecule has 128 valence electrons. The van der Waals surface area contributed by atoms with Crippen LogP contribution >= 0.6 is 12.4 Å². The standard InChI is InChI=1S/C14H26N4O3.ClH/c1-9(2)8-20-11(4)13-16-12(21-17-13)7-18(5)14(19)10(3)6-15;/h9-11H,6-8,15H2,1-5H3;1H. The molecule has 7 nitrogen and oxygen atoms in total. The average molecular weight is 335 g/mol. The van der Waals surface area contributed by atoms with Crippen LogP contribution in [0.1, 0.15) is 45.5 Å². The molecule has 1 aromatic rings. The third kappa shape index (κ3) is 6.29. The first kappa shape index (κ1) is 20.8. The van der Waals surface area contributed by atoms with Gasteiger partial charge in [0.15, 0.2) is 5.82 Å². The van der Waals surface area contributed by atoms with Gasteiger partial charge in [-0.2, -0.15) is 4.98 Å². The molecule has 0 spiro atoms. The van der Waals surface area contributed by atoms with E-state index in [2.05, 4.69) is 24.0 Å². The van der Waals surface area contributed by atoms with Gasteiger partial charge in [-0.15, -0.1) is 12.4 Å². The predicted octanol–water partition coefficient (Wildman–Crippen LogP) is 1.78. The minimum atomic E-state index is -0.228. The van der Waals surface area contributed by atoms with E-state index in [-0.39, 0.29) is 36.9 Å². The summed E-state index contributed by atoms with van der Waals surface area (Å²) in [5.74, 6) is 1.08. The van der Waals surface area contributed by atoms with E-state index < -0.39 is 0 Å². The molecule has 22 heavy (non-hydrogen) atoms. The van der Waals surface area contributed by atoms with Gasteiger partial charge in [-0.25, -0.2) is 0 Å². The quantitative estimate of drug-likeness (QED) is 0.778. The maximum atomic E-state index is 11.9. The molecule has 0 saturated heterocycles. The van der Waals surface area contributed by atoms with E-state index in [1.807, 2.05) is 6.92 Å². The van der Waals surface area contributed by atoms with E-state index in [9.17, 15) is 4.79 Å². The Morgan fingerprint density at radius 2 is 2.00 bits per heavy atom. The zero-order valence-corrected chi connectivity index (χ0v) is 14.7. The van der Waals surface area contributed by atoms with Crippen molar-refractivity contribution in [1.82, 2.24) is 15.0 Å². The number of amides is 1. The van der Waals surface area contributed by atoms with Crippen molar-refractivity contribution in [3.8, 4) is 0 Å². The van der Waals surface area contributed by atoms with Crippen LogP contribution in [-0.4, -0.2) is 41.1 Å². The van der Waals surface area contributed by atoms with Gasteiger partial charge in [-0.05, 0) is 12.8 Å². The lowest BCUT2D eigenvalue weighted by atomic mass is 10.1. The third-order valence-electron chi connectivity index (χ3n) is 3.05. The Hall–Kier alpha value is -1.18. The van der Waals surface area contributed by atoms with Crippen LogP contribution in [0.15, 0.2) is 4.52 Å². The number of nitrogens with two attached hydrogens (primary N) is 1. The molecular formula is C14H27ClN4O3. The number of halogens is 1. The zero-order valence-electron chi connectivity index (χ0n) is 13.9. The van der Waals surface area contributed by atoms with Crippen molar-refractivity contribution in [3.63, 3.8) is 0 Å². The topological polar surface area (TPSA) is 94.5 Å². The van der Waals surface area contributed by atoms with Gasteiger partial charge in [0.1, 0.15) is 6.10 Å². The number of carbonyl (C=O) groups excluding carboxylic acids is 1. The lowest BCUT2D eigenvalue weighted by molar-refractivity contribution is -0.134. The fourth-order valence-corrected chi connectivity index (χ4v) is 1.67. The van der Waals surface area contributed by atoms with E-state index in [1.54, 1.807) is 14.0 Å². The third-order valence-corrected chi connectivity index (χ3v) is 3.05. The molecule has 0 aromatic carbocycles. The maximum Gasteiger partial charge on any atom is 0.246 e. The van der Waals surface area contributed by atoms with Crippen molar-refractivity contribution in [2.45, 2.75) is 40.3 Å². The molecule has 0 aliphatic rings. The second-order valence-corrected chi connectivity index (χ2v) is 5.75. The molecule has 0 aliphatic carbocycles. The Balaban J connectivity index is 0.00000441. The van der Waals surface area contributed by atoms with Gasteiger partial charge in [-0.1, -0.05) is 25.9 Å². The predicted molar refractivity (Wildman–Crippen MR) is 85.4 cm³/mol. The highest BCUT2D eigenvalue weighted by atomic mass is 35.5. The average Bonchev–Trinajstić information content (AvgIpc) is 2.91. The zero-order chi connectivity index (χ0) is 16.0. The van der Waals surface area contributed by atoms with Crippen molar-refractivity contribution in [2.24, 2.45) is 17.6 Å². The Kier molecular flexibility index (Phi) is 9.24. The van der Waals surface area contributed by atoms with Crippen molar-refractivity contribution in [3.05, 3.63) is 11.7 Å². The summed E-state index contributed by atoms with van der Waals surface area (Å²) in [6.45, 7) is 9.05. The van der Waals surface area contributed by atoms with Crippen molar-refractivity contribution < 1.29 is 14.1 Å². The van der Waals surface area contributed by atoms with Crippen LogP contribution in [0.3, 0.4) is 0 Å². The van der Waals surface area contributed by atoms with Crippen molar-refractivity contribution >= 4 is 18.3 Å². The Morgan fingerprint density at radius 3 is 2.55 bits per heavy atom. The molecule has 0 radical (unpaired) electrons. The van der Waals surface area contributed by atoms with Gasteiger partial charge in [-0.3, -0.25) is 4.79 Å². The largest absolute Gasteiger partial charge is 0.370 e. The summed E-state index contributed by atoms with van der Waals surface area (Å²) >= 11 is 0. The molecule has 0 aliphatic heterocycles. The summed E-state index contributed by atoms with van der Waals surface area (Å²) in [6, 6.07) is 0. The monoisotopic (exact) mass is 334 g/mol. The van der Waals surface area contributed by atoms with E-state index >= 15 is 0 Å². The van der Waals surface area contributed by atoms with Crippen LogP contribution in [0.4, 0.5) is 0 Å². The molecular weight excluding hydrogens is 308 g/mol. The van der Waals surface area contributed by atoms with Crippen LogP contribution in [0.5, 0.6) is 0 Å². The number of hydrogen-bond donors (Lipinski definition) is 1. The maximum absolute atomic E-state index is 11.9. The Labute approximate surface area is 138 Å². The molecule has 0 fully saturated rings. The van der Waals surface area contributed by atoms with Crippen LogP contribution < -0.4 is 5.73 Å². The number of carbonyl (C=O) groups is 1. The molecule has 1 amide bonds. The second-order valence-electron chi connectivity index (χ2n) is 5.75. The number of ether oxygens (including phenoxy) is 1. The molecule has 2 N–H and O–H groups in total. The summed E-state index contributed by atoms with van der Waals surface area (Å²) in [5, 5.41) is 3.90. The van der Waals surface area contributed by atoms with E-state index in [0.717, 1.165) is 0 Å². The molecule has 0 bridgehead atoms. The molecule has 8 heteroatoms. The lowest BCUT2D eigenvalue weighted by Gasteiger charge is -2.18. The smallest absolute Gasteiger partial charge is 0.246 e. The van der Waals surface area contributed by atoms with Crippen molar-refractivity contribution in [1.29, 1.82) is 0 Å². The van der Waals surface area contributed by atoms with Crippen LogP contribution in [0.2, 0.25) is 0 Å². The molecule has 1 aromatic heterocycles. The highest BCUT2D eigenvalue weighted by Crippen LogP contribution is 2.15. The molecule has 2 atom stereocenters. The minimum absolute atomic E-state index is 0. The number of rotatable bonds is 8.